The van der Waals surface area contributed by atoms with Crippen molar-refractivity contribution in [3.63, 3.8) is 0 Å². The molecule has 0 atom stereocenters. The standard InChI is InChI=1S/C21H20FNO4S/c1-3-23-20(24)11-27-17-6-4-13(9-18(17)26-2)8-14-12-28-19-7-5-15(22)10-16(19)21(14)25/h4-10H,3,11-12H2,1-2H3,(H,23,24)/b14-8+. The lowest BCUT2D eigenvalue weighted by Gasteiger charge is -2.17. The summed E-state index contributed by atoms with van der Waals surface area (Å²) in [5.74, 6) is 0.586. The zero-order chi connectivity index (χ0) is 20.1. The Morgan fingerprint density at radius 1 is 1.25 bits per heavy atom. The van der Waals surface area contributed by atoms with Gasteiger partial charge in [0, 0.05) is 28.3 Å². The number of hydrogen-bond donors (Lipinski definition) is 1. The topological polar surface area (TPSA) is 64.6 Å². The predicted octanol–water partition coefficient (Wildman–Crippen LogP) is 3.72. The highest BCUT2D eigenvalue weighted by molar-refractivity contribution is 7.99. The fraction of sp³-hybridized carbons (Fsp3) is 0.238. The van der Waals surface area contributed by atoms with Gasteiger partial charge >= 0.3 is 0 Å². The van der Waals surface area contributed by atoms with Gasteiger partial charge in [-0.3, -0.25) is 9.59 Å². The second-order valence-corrected chi connectivity index (χ2v) is 7.10. The minimum atomic E-state index is -0.427. The van der Waals surface area contributed by atoms with Gasteiger partial charge in [-0.25, -0.2) is 4.39 Å². The summed E-state index contributed by atoms with van der Waals surface area (Å²) in [5, 5.41) is 2.65. The number of benzene rings is 2. The van der Waals surface area contributed by atoms with Gasteiger partial charge in [0.15, 0.2) is 23.9 Å². The van der Waals surface area contributed by atoms with E-state index in [1.165, 1.54) is 31.0 Å². The van der Waals surface area contributed by atoms with E-state index in [9.17, 15) is 14.0 Å². The smallest absolute Gasteiger partial charge is 0.257 e. The fourth-order valence-electron chi connectivity index (χ4n) is 2.79. The van der Waals surface area contributed by atoms with E-state index in [0.29, 0.717) is 34.9 Å². The summed E-state index contributed by atoms with van der Waals surface area (Å²) in [6.45, 7) is 2.26. The molecule has 1 heterocycles. The summed E-state index contributed by atoms with van der Waals surface area (Å²) in [6.07, 6.45) is 1.76. The monoisotopic (exact) mass is 401 g/mol. The van der Waals surface area contributed by atoms with E-state index in [4.69, 9.17) is 9.47 Å². The first-order valence-electron chi connectivity index (χ1n) is 8.77. The van der Waals surface area contributed by atoms with Crippen molar-refractivity contribution in [2.45, 2.75) is 11.8 Å². The molecule has 5 nitrogen and oxygen atoms in total. The number of carbonyl (C=O) groups is 2. The third kappa shape index (κ3) is 4.54. The number of Topliss-reactive ketones (excluding diaryl/α,β-unsaturated/α-hetero) is 1. The van der Waals surface area contributed by atoms with Crippen LogP contribution >= 0.6 is 11.8 Å². The van der Waals surface area contributed by atoms with Gasteiger partial charge in [0.1, 0.15) is 5.82 Å². The molecule has 3 rings (SSSR count). The van der Waals surface area contributed by atoms with E-state index in [0.717, 1.165) is 10.5 Å². The number of nitrogens with one attached hydrogen (secondary N) is 1. The van der Waals surface area contributed by atoms with Crippen molar-refractivity contribution in [3.8, 4) is 11.5 Å². The molecule has 0 unspecified atom stereocenters. The molecule has 2 aromatic rings. The summed E-state index contributed by atoms with van der Waals surface area (Å²) in [4.78, 5) is 25.0. The van der Waals surface area contributed by atoms with E-state index < -0.39 is 5.82 Å². The molecule has 0 aromatic heterocycles. The van der Waals surface area contributed by atoms with Crippen LogP contribution in [0, 0.1) is 5.82 Å². The Morgan fingerprint density at radius 2 is 2.07 bits per heavy atom. The van der Waals surface area contributed by atoms with Gasteiger partial charge in [-0.2, -0.15) is 0 Å². The molecular weight excluding hydrogens is 381 g/mol. The highest BCUT2D eigenvalue weighted by Gasteiger charge is 2.23. The summed E-state index contributed by atoms with van der Waals surface area (Å²) in [7, 11) is 1.51. The van der Waals surface area contributed by atoms with Gasteiger partial charge in [-0.05, 0) is 48.9 Å². The number of thioether (sulfide) groups is 1. The summed E-state index contributed by atoms with van der Waals surface area (Å²) in [5.41, 5.74) is 1.73. The maximum absolute atomic E-state index is 13.5. The predicted molar refractivity (Wildman–Crippen MR) is 107 cm³/mol. The first-order chi connectivity index (χ1) is 13.5. The number of carbonyl (C=O) groups excluding carboxylic acids is 2. The lowest BCUT2D eigenvalue weighted by molar-refractivity contribution is -0.123. The van der Waals surface area contributed by atoms with Crippen molar-refractivity contribution in [3.05, 3.63) is 58.9 Å². The van der Waals surface area contributed by atoms with Crippen LogP contribution in [0.5, 0.6) is 11.5 Å². The Kier molecular flexibility index (Phi) is 6.36. The van der Waals surface area contributed by atoms with Gasteiger partial charge < -0.3 is 14.8 Å². The third-order valence-corrected chi connectivity index (χ3v) is 5.24. The maximum Gasteiger partial charge on any atom is 0.257 e. The molecule has 0 aliphatic carbocycles. The highest BCUT2D eigenvalue weighted by Crippen LogP contribution is 2.35. The van der Waals surface area contributed by atoms with Crippen LogP contribution in [-0.2, 0) is 4.79 Å². The number of halogens is 1. The van der Waals surface area contributed by atoms with Crippen molar-refractivity contribution in [2.24, 2.45) is 0 Å². The number of ketones is 1. The second kappa shape index (κ2) is 8.93. The lowest BCUT2D eigenvalue weighted by atomic mass is 10.0. The van der Waals surface area contributed by atoms with Crippen molar-refractivity contribution < 1.29 is 23.5 Å². The van der Waals surface area contributed by atoms with Crippen LogP contribution < -0.4 is 14.8 Å². The van der Waals surface area contributed by atoms with Crippen molar-refractivity contribution in [1.82, 2.24) is 5.32 Å². The normalized spacial score (nSPS) is 14.5. The van der Waals surface area contributed by atoms with Gasteiger partial charge in [0.2, 0.25) is 0 Å². The molecule has 146 valence electrons. The number of ether oxygens (including phenoxy) is 2. The molecule has 1 aliphatic heterocycles. The molecule has 7 heteroatoms. The van der Waals surface area contributed by atoms with E-state index in [1.807, 2.05) is 6.92 Å². The van der Waals surface area contributed by atoms with E-state index >= 15 is 0 Å². The van der Waals surface area contributed by atoms with E-state index in [1.54, 1.807) is 30.3 Å². The zero-order valence-corrected chi connectivity index (χ0v) is 16.4. The molecule has 0 bridgehead atoms. The van der Waals surface area contributed by atoms with Gasteiger partial charge in [-0.15, -0.1) is 11.8 Å². The molecule has 1 aliphatic rings. The molecule has 0 radical (unpaired) electrons. The Hall–Kier alpha value is -2.80. The molecule has 0 saturated heterocycles. The Morgan fingerprint density at radius 3 is 2.82 bits per heavy atom. The average molecular weight is 401 g/mol. The van der Waals surface area contributed by atoms with E-state index in [2.05, 4.69) is 5.32 Å². The molecule has 0 fully saturated rings. The molecule has 1 N–H and O–H groups in total. The first kappa shape index (κ1) is 19.9. The Labute approximate surface area is 166 Å². The van der Waals surface area contributed by atoms with Crippen LogP contribution in [0.4, 0.5) is 4.39 Å². The van der Waals surface area contributed by atoms with Crippen LogP contribution in [-0.4, -0.2) is 37.7 Å². The Balaban J connectivity index is 1.80. The maximum atomic E-state index is 13.5. The SMILES string of the molecule is CCNC(=O)COc1ccc(/C=C2\CSc3ccc(F)cc3C2=O)cc1OC. The van der Waals surface area contributed by atoms with Gasteiger partial charge in [0.25, 0.3) is 5.91 Å². The minimum absolute atomic E-state index is 0.109. The van der Waals surface area contributed by atoms with Crippen LogP contribution in [0.2, 0.25) is 0 Å². The zero-order valence-electron chi connectivity index (χ0n) is 15.6. The molecule has 0 saturated carbocycles. The Bertz CT molecular complexity index is 942. The summed E-state index contributed by atoms with van der Waals surface area (Å²) < 4.78 is 24.3. The number of likely N-dealkylation sites (N-methyl/N-ethyl adjacent to an activating group) is 1. The van der Waals surface area contributed by atoms with Crippen molar-refractivity contribution in [2.75, 3.05) is 26.0 Å². The number of hydrogen-bond acceptors (Lipinski definition) is 5. The van der Waals surface area contributed by atoms with Crippen molar-refractivity contribution >= 4 is 29.5 Å². The van der Waals surface area contributed by atoms with Crippen LogP contribution in [0.25, 0.3) is 6.08 Å². The summed E-state index contributed by atoms with van der Waals surface area (Å²) in [6, 6.07) is 9.47. The number of fused-ring (bicyclic) bond motifs is 1. The molecule has 1 amide bonds. The van der Waals surface area contributed by atoms with Crippen LogP contribution in [0.1, 0.15) is 22.8 Å². The summed E-state index contributed by atoms with van der Waals surface area (Å²) >= 11 is 1.50. The number of methoxy groups -OCH3 is 1. The molecular formula is C21H20FNO4S. The van der Waals surface area contributed by atoms with E-state index in [-0.39, 0.29) is 18.3 Å². The van der Waals surface area contributed by atoms with Crippen LogP contribution in [0.15, 0.2) is 46.9 Å². The molecule has 28 heavy (non-hydrogen) atoms. The van der Waals surface area contributed by atoms with Crippen molar-refractivity contribution in [1.29, 1.82) is 0 Å². The molecule has 2 aromatic carbocycles. The first-order valence-corrected chi connectivity index (χ1v) is 9.75. The fourth-order valence-corrected chi connectivity index (χ4v) is 3.79. The average Bonchev–Trinajstić information content (AvgIpc) is 2.69. The quantitative estimate of drug-likeness (QED) is 0.748. The third-order valence-electron chi connectivity index (χ3n) is 4.12. The number of amides is 1. The molecule has 0 spiro atoms. The number of rotatable bonds is 6. The largest absolute Gasteiger partial charge is 0.493 e. The lowest BCUT2D eigenvalue weighted by Crippen LogP contribution is -2.28. The van der Waals surface area contributed by atoms with Crippen LogP contribution in [0.3, 0.4) is 0 Å². The van der Waals surface area contributed by atoms with Gasteiger partial charge in [-0.1, -0.05) is 6.07 Å². The highest BCUT2D eigenvalue weighted by atomic mass is 32.2. The minimum Gasteiger partial charge on any atom is -0.493 e. The second-order valence-electron chi connectivity index (χ2n) is 6.08. The van der Waals surface area contributed by atoms with Gasteiger partial charge in [0.05, 0.1) is 7.11 Å².